The van der Waals surface area contributed by atoms with Crippen LogP contribution in [-0.2, 0) is 0 Å². The molecule has 0 radical (unpaired) electrons. The first-order valence-electron chi connectivity index (χ1n) is 11.7. The predicted octanol–water partition coefficient (Wildman–Crippen LogP) is 7.36. The molecule has 6 nitrogen and oxygen atoms in total. The first kappa shape index (κ1) is 21.4. The maximum absolute atomic E-state index is 4.65. The first-order valence-corrected chi connectivity index (χ1v) is 11.7. The average Bonchev–Trinajstić information content (AvgIpc) is 2.97. The average molecular weight is 467 g/mol. The molecule has 4 heterocycles. The van der Waals surface area contributed by atoms with Gasteiger partial charge >= 0.3 is 0 Å². The van der Waals surface area contributed by atoms with Crippen LogP contribution >= 0.6 is 0 Å². The van der Waals surface area contributed by atoms with E-state index in [1.54, 1.807) is 24.8 Å². The van der Waals surface area contributed by atoms with Crippen LogP contribution in [0.1, 0.15) is 0 Å². The van der Waals surface area contributed by atoms with E-state index in [0.717, 1.165) is 45.4 Å². The highest BCUT2D eigenvalue weighted by Crippen LogP contribution is 2.43. The van der Waals surface area contributed by atoms with Crippen LogP contribution in [0.5, 0.6) is 0 Å². The molecule has 0 aliphatic heterocycles. The second kappa shape index (κ2) is 9.64. The zero-order valence-electron chi connectivity index (χ0n) is 19.4. The summed E-state index contributed by atoms with van der Waals surface area (Å²) < 4.78 is 0. The second-order valence-corrected chi connectivity index (χ2v) is 8.07. The molecule has 0 aliphatic carbocycles. The van der Waals surface area contributed by atoms with Crippen LogP contribution in [0.15, 0.2) is 134 Å². The van der Waals surface area contributed by atoms with E-state index in [9.17, 15) is 0 Å². The number of pyridine rings is 4. The molecule has 0 unspecified atom stereocenters. The van der Waals surface area contributed by atoms with Gasteiger partial charge in [-0.25, -0.2) is 19.9 Å². The lowest BCUT2D eigenvalue weighted by Crippen LogP contribution is -2.15. The number of benzene rings is 2. The van der Waals surface area contributed by atoms with Crippen molar-refractivity contribution in [3.05, 3.63) is 134 Å². The summed E-state index contributed by atoms with van der Waals surface area (Å²) in [7, 11) is 0. The molecule has 6 aromatic rings. The maximum Gasteiger partial charge on any atom is 0.138 e. The van der Waals surface area contributed by atoms with Gasteiger partial charge in [0.2, 0.25) is 0 Å². The summed E-state index contributed by atoms with van der Waals surface area (Å²) in [6.07, 6.45) is 7.19. The number of fused-ring (bicyclic) bond motifs is 1. The molecule has 0 spiro atoms. The van der Waals surface area contributed by atoms with E-state index in [4.69, 9.17) is 0 Å². The van der Waals surface area contributed by atoms with E-state index in [-0.39, 0.29) is 0 Å². The van der Waals surface area contributed by atoms with E-state index in [1.165, 1.54) is 0 Å². The Hall–Kier alpha value is -5.10. The van der Waals surface area contributed by atoms with Crippen LogP contribution in [0.4, 0.5) is 34.6 Å². The number of nitrogens with zero attached hydrogens (tertiary/aromatic N) is 6. The van der Waals surface area contributed by atoms with E-state index < -0.39 is 0 Å². The van der Waals surface area contributed by atoms with E-state index in [1.807, 2.05) is 72.8 Å². The number of rotatable bonds is 6. The molecule has 6 heteroatoms. The van der Waals surface area contributed by atoms with Crippen molar-refractivity contribution < 1.29 is 0 Å². The van der Waals surface area contributed by atoms with Gasteiger partial charge in [0.05, 0.1) is 11.4 Å². The standard InChI is InChI=1S/C30H22N6/c1-2-12-24-23(11-1)25(35(27-13-3-7-19-31-27)28-14-4-8-20-32-28)17-18-26(24)36(29-15-5-9-21-33-29)30-16-6-10-22-34-30/h1-22H. The van der Waals surface area contributed by atoms with Gasteiger partial charge in [-0.2, -0.15) is 0 Å². The third-order valence-electron chi connectivity index (χ3n) is 5.87. The summed E-state index contributed by atoms with van der Waals surface area (Å²) in [5.41, 5.74) is 1.96. The van der Waals surface area contributed by atoms with Crippen molar-refractivity contribution in [1.29, 1.82) is 0 Å². The zero-order chi connectivity index (χ0) is 24.2. The number of hydrogen-bond acceptors (Lipinski definition) is 6. The lowest BCUT2D eigenvalue weighted by atomic mass is 10.0. The molecule has 172 valence electrons. The molecule has 0 saturated carbocycles. The minimum absolute atomic E-state index is 0.792. The molecule has 4 aromatic heterocycles. The molecule has 0 aliphatic rings. The number of hydrogen-bond donors (Lipinski definition) is 0. The Balaban J connectivity index is 1.60. The van der Waals surface area contributed by atoms with Crippen molar-refractivity contribution in [3.8, 4) is 0 Å². The molecule has 36 heavy (non-hydrogen) atoms. The minimum atomic E-state index is 0.792. The van der Waals surface area contributed by atoms with Crippen molar-refractivity contribution in [3.63, 3.8) is 0 Å². The predicted molar refractivity (Wildman–Crippen MR) is 144 cm³/mol. The van der Waals surface area contributed by atoms with Gasteiger partial charge in [-0.3, -0.25) is 9.80 Å². The van der Waals surface area contributed by atoms with Crippen LogP contribution in [0.2, 0.25) is 0 Å². The number of aromatic nitrogens is 4. The smallest absolute Gasteiger partial charge is 0.138 e. The summed E-state index contributed by atoms with van der Waals surface area (Å²) in [5.74, 6) is 3.17. The minimum Gasteiger partial charge on any atom is -0.278 e. The van der Waals surface area contributed by atoms with Gasteiger partial charge in [0, 0.05) is 35.6 Å². The molecule has 0 atom stereocenters. The van der Waals surface area contributed by atoms with Crippen molar-refractivity contribution in [2.75, 3.05) is 9.80 Å². The fourth-order valence-corrected chi connectivity index (χ4v) is 4.33. The molecule has 0 bridgehead atoms. The van der Waals surface area contributed by atoms with Gasteiger partial charge in [0.25, 0.3) is 0 Å². The Morgan fingerprint density at radius 3 is 0.917 bits per heavy atom. The normalized spacial score (nSPS) is 10.8. The van der Waals surface area contributed by atoms with Crippen LogP contribution in [0.25, 0.3) is 10.8 Å². The topological polar surface area (TPSA) is 58.0 Å². The molecule has 0 amide bonds. The third kappa shape index (κ3) is 4.01. The van der Waals surface area contributed by atoms with Gasteiger partial charge in [0.1, 0.15) is 23.3 Å². The molecular weight excluding hydrogens is 444 g/mol. The molecule has 0 saturated heterocycles. The van der Waals surface area contributed by atoms with Crippen molar-refractivity contribution in [1.82, 2.24) is 19.9 Å². The Labute approximate surface area is 209 Å². The fourth-order valence-electron chi connectivity index (χ4n) is 4.33. The molecule has 0 fully saturated rings. The van der Waals surface area contributed by atoms with Crippen LogP contribution in [0, 0.1) is 0 Å². The van der Waals surface area contributed by atoms with Crippen molar-refractivity contribution >= 4 is 45.4 Å². The van der Waals surface area contributed by atoms with Gasteiger partial charge in [-0.1, -0.05) is 48.5 Å². The summed E-state index contributed by atoms with van der Waals surface area (Å²) in [4.78, 5) is 22.8. The summed E-state index contributed by atoms with van der Waals surface area (Å²) >= 11 is 0. The lowest BCUT2D eigenvalue weighted by molar-refractivity contribution is 1.12. The van der Waals surface area contributed by atoms with E-state index in [0.29, 0.717) is 0 Å². The first-order chi connectivity index (χ1) is 17.9. The molecule has 6 rings (SSSR count). The monoisotopic (exact) mass is 466 g/mol. The quantitative estimate of drug-likeness (QED) is 0.256. The zero-order valence-corrected chi connectivity index (χ0v) is 19.4. The Bertz CT molecular complexity index is 1380. The van der Waals surface area contributed by atoms with Crippen molar-refractivity contribution in [2.24, 2.45) is 0 Å². The summed E-state index contributed by atoms with van der Waals surface area (Å²) in [6, 6.07) is 36.1. The van der Waals surface area contributed by atoms with Gasteiger partial charge in [0.15, 0.2) is 0 Å². The van der Waals surface area contributed by atoms with Crippen LogP contribution < -0.4 is 9.80 Å². The second-order valence-electron chi connectivity index (χ2n) is 8.07. The molecule has 0 N–H and O–H groups in total. The SMILES string of the molecule is c1ccc(N(c2ccccn2)c2ccc(N(c3ccccn3)c3ccccn3)c3ccccc23)nc1. The van der Waals surface area contributed by atoms with Crippen LogP contribution in [0.3, 0.4) is 0 Å². The fraction of sp³-hybridized carbons (Fsp3) is 0. The lowest BCUT2D eigenvalue weighted by Gasteiger charge is -2.28. The Morgan fingerprint density at radius 1 is 0.333 bits per heavy atom. The largest absolute Gasteiger partial charge is 0.278 e. The van der Waals surface area contributed by atoms with E-state index >= 15 is 0 Å². The van der Waals surface area contributed by atoms with Crippen LogP contribution in [-0.4, -0.2) is 19.9 Å². The Morgan fingerprint density at radius 2 is 0.639 bits per heavy atom. The highest BCUT2D eigenvalue weighted by molar-refractivity contribution is 6.06. The van der Waals surface area contributed by atoms with Crippen molar-refractivity contribution in [2.45, 2.75) is 0 Å². The number of anilines is 6. The molecular formula is C30H22N6. The summed E-state index contributed by atoms with van der Waals surface area (Å²) in [6.45, 7) is 0. The third-order valence-corrected chi connectivity index (χ3v) is 5.87. The van der Waals surface area contributed by atoms with E-state index in [2.05, 4.69) is 66.1 Å². The van der Waals surface area contributed by atoms with Gasteiger partial charge < -0.3 is 0 Å². The Kier molecular flexibility index (Phi) is 5.74. The van der Waals surface area contributed by atoms with Gasteiger partial charge in [-0.15, -0.1) is 0 Å². The highest BCUT2D eigenvalue weighted by atomic mass is 15.3. The highest BCUT2D eigenvalue weighted by Gasteiger charge is 2.22. The molecule has 2 aromatic carbocycles. The van der Waals surface area contributed by atoms with Gasteiger partial charge in [-0.05, 0) is 60.7 Å². The summed E-state index contributed by atoms with van der Waals surface area (Å²) in [5, 5.41) is 2.12. The maximum atomic E-state index is 4.65.